The highest BCUT2D eigenvalue weighted by atomic mass is 32.1. The third kappa shape index (κ3) is 5.07. The zero-order valence-corrected chi connectivity index (χ0v) is 13.5. The van der Waals surface area contributed by atoms with Crippen LogP contribution in [0.3, 0.4) is 0 Å². The van der Waals surface area contributed by atoms with E-state index in [1.165, 1.54) is 0 Å². The number of thiazole rings is 1. The van der Waals surface area contributed by atoms with Gasteiger partial charge in [-0.3, -0.25) is 9.59 Å². The molecule has 0 radical (unpaired) electrons. The number of benzene rings is 1. The van der Waals surface area contributed by atoms with E-state index in [0.717, 1.165) is 35.5 Å². The summed E-state index contributed by atoms with van der Waals surface area (Å²) >= 11 is 1.65. The standard InChI is InChI=1S/C17H20N2O2S/c1-18-16(21)11-15(20)10-6-5-9-14-12-22-17(19-14)13-7-3-2-4-8-13/h2-4,7-8,12H,5-6,9-11H2,1H3,(H,18,21). The highest BCUT2D eigenvalue weighted by Crippen LogP contribution is 2.24. The van der Waals surface area contributed by atoms with Crippen molar-refractivity contribution in [3.63, 3.8) is 0 Å². The molecule has 1 aromatic heterocycles. The molecule has 0 saturated carbocycles. The number of carbonyl (C=O) groups is 2. The molecule has 2 rings (SSSR count). The van der Waals surface area contributed by atoms with Gasteiger partial charge in [-0.2, -0.15) is 0 Å². The Morgan fingerprint density at radius 2 is 1.95 bits per heavy atom. The molecule has 116 valence electrons. The fourth-order valence-electron chi connectivity index (χ4n) is 2.12. The van der Waals surface area contributed by atoms with Crippen LogP contribution in [-0.2, 0) is 16.0 Å². The monoisotopic (exact) mass is 316 g/mol. The van der Waals surface area contributed by atoms with Gasteiger partial charge in [-0.25, -0.2) is 4.98 Å². The molecule has 0 saturated heterocycles. The fraction of sp³-hybridized carbons (Fsp3) is 0.353. The fourth-order valence-corrected chi connectivity index (χ4v) is 2.98. The van der Waals surface area contributed by atoms with Gasteiger partial charge in [0.25, 0.3) is 0 Å². The molecule has 0 unspecified atom stereocenters. The van der Waals surface area contributed by atoms with Crippen molar-refractivity contribution in [3.8, 4) is 10.6 Å². The molecule has 0 atom stereocenters. The van der Waals surface area contributed by atoms with E-state index >= 15 is 0 Å². The molecule has 1 heterocycles. The number of unbranched alkanes of at least 4 members (excludes halogenated alkanes) is 1. The second kappa shape index (κ2) is 8.44. The number of nitrogens with zero attached hydrogens (tertiary/aromatic N) is 1. The summed E-state index contributed by atoms with van der Waals surface area (Å²) in [5.41, 5.74) is 2.21. The molecule has 0 aliphatic carbocycles. The first-order valence-corrected chi connectivity index (χ1v) is 8.29. The van der Waals surface area contributed by atoms with Crippen molar-refractivity contribution in [2.24, 2.45) is 0 Å². The third-order valence-electron chi connectivity index (χ3n) is 3.35. The van der Waals surface area contributed by atoms with Gasteiger partial charge >= 0.3 is 0 Å². The van der Waals surface area contributed by atoms with E-state index in [2.05, 4.69) is 27.8 Å². The second-order valence-electron chi connectivity index (χ2n) is 5.11. The Hall–Kier alpha value is -2.01. The summed E-state index contributed by atoms with van der Waals surface area (Å²) in [5.74, 6) is -0.209. The summed E-state index contributed by atoms with van der Waals surface area (Å²) in [7, 11) is 1.54. The lowest BCUT2D eigenvalue weighted by Gasteiger charge is -2.00. The van der Waals surface area contributed by atoms with Gasteiger partial charge < -0.3 is 5.32 Å². The largest absolute Gasteiger partial charge is 0.359 e. The van der Waals surface area contributed by atoms with E-state index in [-0.39, 0.29) is 18.1 Å². The van der Waals surface area contributed by atoms with Crippen molar-refractivity contribution in [1.29, 1.82) is 0 Å². The molecule has 5 heteroatoms. The highest BCUT2D eigenvalue weighted by Gasteiger charge is 2.08. The zero-order chi connectivity index (χ0) is 15.8. The number of aromatic nitrogens is 1. The first kappa shape index (κ1) is 16.4. The van der Waals surface area contributed by atoms with Crippen LogP contribution in [0.15, 0.2) is 35.7 Å². The van der Waals surface area contributed by atoms with Gasteiger partial charge in [-0.1, -0.05) is 30.3 Å². The first-order chi connectivity index (χ1) is 10.7. The van der Waals surface area contributed by atoms with E-state index < -0.39 is 0 Å². The molecule has 0 fully saturated rings. The molecular formula is C17H20N2O2S. The van der Waals surface area contributed by atoms with Gasteiger partial charge in [0, 0.05) is 24.4 Å². The second-order valence-corrected chi connectivity index (χ2v) is 5.96. The maximum absolute atomic E-state index is 11.5. The van der Waals surface area contributed by atoms with E-state index in [4.69, 9.17) is 0 Å². The number of amides is 1. The lowest BCUT2D eigenvalue weighted by molar-refractivity contribution is -0.127. The number of rotatable bonds is 8. The molecule has 1 amide bonds. The Bertz CT molecular complexity index is 623. The van der Waals surface area contributed by atoms with E-state index in [9.17, 15) is 9.59 Å². The number of aryl methyl sites for hydroxylation is 1. The van der Waals surface area contributed by atoms with Crippen molar-refractivity contribution < 1.29 is 9.59 Å². The lowest BCUT2D eigenvalue weighted by atomic mass is 10.1. The van der Waals surface area contributed by atoms with Crippen LogP contribution in [0, 0.1) is 0 Å². The Kier molecular flexibility index (Phi) is 6.27. The van der Waals surface area contributed by atoms with Crippen LogP contribution in [0.1, 0.15) is 31.4 Å². The van der Waals surface area contributed by atoms with Crippen molar-refractivity contribution in [3.05, 3.63) is 41.4 Å². The molecule has 22 heavy (non-hydrogen) atoms. The Labute approximate surface area is 134 Å². The minimum absolute atomic E-state index is 0.00241. The Morgan fingerprint density at radius 1 is 1.18 bits per heavy atom. The number of carbonyl (C=O) groups excluding carboxylic acids is 2. The summed E-state index contributed by atoms with van der Waals surface area (Å²) in [6.07, 6.45) is 3.04. The summed E-state index contributed by atoms with van der Waals surface area (Å²) in [5, 5.41) is 5.57. The van der Waals surface area contributed by atoms with Gasteiger partial charge in [0.2, 0.25) is 5.91 Å². The minimum Gasteiger partial charge on any atom is -0.359 e. The molecule has 1 N–H and O–H groups in total. The minimum atomic E-state index is -0.211. The molecule has 0 bridgehead atoms. The zero-order valence-electron chi connectivity index (χ0n) is 12.7. The molecule has 0 aliphatic heterocycles. The van der Waals surface area contributed by atoms with Crippen LogP contribution in [-0.4, -0.2) is 23.7 Å². The van der Waals surface area contributed by atoms with Crippen LogP contribution in [0.4, 0.5) is 0 Å². The highest BCUT2D eigenvalue weighted by molar-refractivity contribution is 7.13. The maximum Gasteiger partial charge on any atom is 0.227 e. The number of Topliss-reactive ketones (excluding diaryl/α,β-unsaturated/α-hetero) is 1. The Balaban J connectivity index is 1.73. The smallest absolute Gasteiger partial charge is 0.227 e. The predicted molar refractivity (Wildman–Crippen MR) is 88.8 cm³/mol. The molecule has 0 aliphatic rings. The topological polar surface area (TPSA) is 59.1 Å². The van der Waals surface area contributed by atoms with Gasteiger partial charge in [0.15, 0.2) is 0 Å². The quantitative estimate of drug-likeness (QED) is 0.601. The normalized spacial score (nSPS) is 10.4. The summed E-state index contributed by atoms with van der Waals surface area (Å²) in [6.45, 7) is 0. The number of ketones is 1. The van der Waals surface area contributed by atoms with E-state index in [1.807, 2.05) is 18.2 Å². The number of hydrogen-bond acceptors (Lipinski definition) is 4. The molecule has 1 aromatic carbocycles. The average molecular weight is 316 g/mol. The van der Waals surface area contributed by atoms with E-state index in [1.54, 1.807) is 18.4 Å². The van der Waals surface area contributed by atoms with Gasteiger partial charge in [-0.15, -0.1) is 11.3 Å². The molecule has 2 aromatic rings. The van der Waals surface area contributed by atoms with Gasteiger partial charge in [0.1, 0.15) is 10.8 Å². The predicted octanol–water partition coefficient (Wildman–Crippen LogP) is 3.23. The van der Waals surface area contributed by atoms with Crippen LogP contribution < -0.4 is 5.32 Å². The van der Waals surface area contributed by atoms with Crippen molar-refractivity contribution >= 4 is 23.0 Å². The summed E-state index contributed by atoms with van der Waals surface area (Å²) in [6, 6.07) is 10.1. The molecule has 0 spiro atoms. The van der Waals surface area contributed by atoms with Crippen molar-refractivity contribution in [2.75, 3.05) is 7.05 Å². The van der Waals surface area contributed by atoms with Crippen molar-refractivity contribution in [1.82, 2.24) is 10.3 Å². The van der Waals surface area contributed by atoms with Crippen molar-refractivity contribution in [2.45, 2.75) is 32.1 Å². The van der Waals surface area contributed by atoms with Crippen LogP contribution in [0.5, 0.6) is 0 Å². The van der Waals surface area contributed by atoms with Crippen LogP contribution >= 0.6 is 11.3 Å². The van der Waals surface area contributed by atoms with Gasteiger partial charge in [0.05, 0.1) is 12.1 Å². The number of nitrogens with one attached hydrogen (secondary N) is 1. The SMILES string of the molecule is CNC(=O)CC(=O)CCCCc1csc(-c2ccccc2)n1. The maximum atomic E-state index is 11.5. The van der Waals surface area contributed by atoms with Gasteiger partial charge in [-0.05, 0) is 19.3 Å². The Morgan fingerprint density at radius 3 is 2.68 bits per heavy atom. The summed E-state index contributed by atoms with van der Waals surface area (Å²) in [4.78, 5) is 27.2. The number of hydrogen-bond donors (Lipinski definition) is 1. The van der Waals surface area contributed by atoms with Crippen LogP contribution in [0.2, 0.25) is 0 Å². The first-order valence-electron chi connectivity index (χ1n) is 7.41. The van der Waals surface area contributed by atoms with Crippen LogP contribution in [0.25, 0.3) is 10.6 Å². The molecule has 4 nitrogen and oxygen atoms in total. The summed E-state index contributed by atoms with van der Waals surface area (Å²) < 4.78 is 0. The lowest BCUT2D eigenvalue weighted by Crippen LogP contribution is -2.21. The molecular weight excluding hydrogens is 296 g/mol. The third-order valence-corrected chi connectivity index (χ3v) is 4.29. The van der Waals surface area contributed by atoms with E-state index in [0.29, 0.717) is 6.42 Å². The average Bonchev–Trinajstić information content (AvgIpc) is 3.01.